The van der Waals surface area contributed by atoms with E-state index in [1.54, 1.807) is 0 Å². The molecule has 2 atom stereocenters. The minimum Gasteiger partial charge on any atom is -0.370 e. The molecule has 16 heavy (non-hydrogen) atoms. The Bertz CT molecular complexity index is 347. The van der Waals surface area contributed by atoms with Crippen LogP contribution in [0.5, 0.6) is 0 Å². The van der Waals surface area contributed by atoms with Crippen LogP contribution in [0.25, 0.3) is 0 Å². The monoisotopic (exact) mass is 239 g/mol. The van der Waals surface area contributed by atoms with Gasteiger partial charge in [-0.15, -0.1) is 11.6 Å². The van der Waals surface area contributed by atoms with Gasteiger partial charge < -0.3 is 5.32 Å². The highest BCUT2D eigenvalue weighted by molar-refractivity contribution is 6.20. The molecule has 1 aliphatic carbocycles. The highest BCUT2D eigenvalue weighted by Crippen LogP contribution is 2.29. The van der Waals surface area contributed by atoms with Gasteiger partial charge in [0, 0.05) is 23.7 Å². The molecule has 3 nitrogen and oxygen atoms in total. The van der Waals surface area contributed by atoms with Crippen LogP contribution in [0.2, 0.25) is 0 Å². The van der Waals surface area contributed by atoms with Gasteiger partial charge in [-0.2, -0.15) is 0 Å². The summed E-state index contributed by atoms with van der Waals surface area (Å²) in [5, 5.41) is 3.75. The third-order valence-electron chi connectivity index (χ3n) is 3.02. The third kappa shape index (κ3) is 3.08. The number of anilines is 1. The summed E-state index contributed by atoms with van der Waals surface area (Å²) in [7, 11) is 0. The van der Waals surface area contributed by atoms with Crippen molar-refractivity contribution in [3.63, 3.8) is 0 Å². The molecule has 1 aromatic rings. The summed E-state index contributed by atoms with van der Waals surface area (Å²) in [6.45, 7) is 4.88. The van der Waals surface area contributed by atoms with E-state index in [4.69, 9.17) is 11.6 Å². The van der Waals surface area contributed by atoms with Crippen LogP contribution >= 0.6 is 11.6 Å². The van der Waals surface area contributed by atoms with Crippen molar-refractivity contribution in [3.8, 4) is 0 Å². The Kier molecular flexibility index (Phi) is 3.64. The van der Waals surface area contributed by atoms with Crippen molar-refractivity contribution in [1.82, 2.24) is 9.97 Å². The van der Waals surface area contributed by atoms with Gasteiger partial charge in [-0.05, 0) is 39.0 Å². The third-order valence-corrected chi connectivity index (χ3v) is 3.41. The molecule has 1 fully saturated rings. The molecule has 1 heterocycles. The van der Waals surface area contributed by atoms with Crippen LogP contribution < -0.4 is 5.32 Å². The van der Waals surface area contributed by atoms with E-state index in [0.717, 1.165) is 36.7 Å². The number of aryl methyl sites for hydroxylation is 2. The molecule has 2 rings (SSSR count). The van der Waals surface area contributed by atoms with Crippen molar-refractivity contribution in [2.24, 2.45) is 5.92 Å². The van der Waals surface area contributed by atoms with Gasteiger partial charge in [0.2, 0.25) is 0 Å². The maximum atomic E-state index is 6.09. The minimum atomic E-state index is 0.376. The summed E-state index contributed by atoms with van der Waals surface area (Å²) in [5.41, 5.74) is 1.01. The van der Waals surface area contributed by atoms with Crippen molar-refractivity contribution in [3.05, 3.63) is 17.6 Å². The van der Waals surface area contributed by atoms with E-state index in [0.29, 0.717) is 11.3 Å². The molecule has 0 saturated heterocycles. The maximum absolute atomic E-state index is 6.09. The lowest BCUT2D eigenvalue weighted by molar-refractivity contribution is 0.579. The van der Waals surface area contributed by atoms with Gasteiger partial charge in [-0.1, -0.05) is 0 Å². The fraction of sp³-hybridized carbons (Fsp3) is 0.667. The second-order valence-electron chi connectivity index (χ2n) is 4.60. The number of rotatable bonds is 3. The normalized spacial score (nSPS) is 24.7. The SMILES string of the molecule is Cc1cc(NCC2CCC(Cl)C2)nc(C)n1. The average Bonchev–Trinajstić information content (AvgIpc) is 2.60. The zero-order chi connectivity index (χ0) is 11.5. The predicted molar refractivity (Wildman–Crippen MR) is 67.0 cm³/mol. The smallest absolute Gasteiger partial charge is 0.129 e. The molecule has 88 valence electrons. The zero-order valence-electron chi connectivity index (χ0n) is 9.83. The van der Waals surface area contributed by atoms with Gasteiger partial charge in [0.15, 0.2) is 0 Å². The van der Waals surface area contributed by atoms with Crippen LogP contribution in [0, 0.1) is 19.8 Å². The largest absolute Gasteiger partial charge is 0.370 e. The van der Waals surface area contributed by atoms with E-state index in [9.17, 15) is 0 Å². The van der Waals surface area contributed by atoms with E-state index in [1.807, 2.05) is 19.9 Å². The Morgan fingerprint density at radius 1 is 1.38 bits per heavy atom. The lowest BCUT2D eigenvalue weighted by Gasteiger charge is -2.11. The van der Waals surface area contributed by atoms with Crippen LogP contribution in [0.15, 0.2) is 6.07 Å². The Hall–Kier alpha value is -0.830. The zero-order valence-corrected chi connectivity index (χ0v) is 10.6. The van der Waals surface area contributed by atoms with Crippen molar-refractivity contribution in [1.29, 1.82) is 0 Å². The number of nitrogens with one attached hydrogen (secondary N) is 1. The molecule has 1 aromatic heterocycles. The number of aromatic nitrogens is 2. The second kappa shape index (κ2) is 5.00. The van der Waals surface area contributed by atoms with Gasteiger partial charge >= 0.3 is 0 Å². The topological polar surface area (TPSA) is 37.8 Å². The van der Waals surface area contributed by atoms with Gasteiger partial charge in [-0.25, -0.2) is 9.97 Å². The van der Waals surface area contributed by atoms with Crippen molar-refractivity contribution in [2.75, 3.05) is 11.9 Å². The van der Waals surface area contributed by atoms with E-state index in [-0.39, 0.29) is 0 Å². The number of hydrogen-bond donors (Lipinski definition) is 1. The molecular formula is C12H18ClN3. The summed E-state index contributed by atoms with van der Waals surface area (Å²) < 4.78 is 0. The first-order chi connectivity index (χ1) is 7.63. The first-order valence-corrected chi connectivity index (χ1v) is 6.27. The van der Waals surface area contributed by atoms with E-state index in [1.165, 1.54) is 6.42 Å². The molecule has 2 unspecified atom stereocenters. The number of alkyl halides is 1. The van der Waals surface area contributed by atoms with E-state index in [2.05, 4.69) is 15.3 Å². The second-order valence-corrected chi connectivity index (χ2v) is 5.22. The summed E-state index contributed by atoms with van der Waals surface area (Å²) in [6, 6.07) is 1.99. The summed E-state index contributed by atoms with van der Waals surface area (Å²) >= 11 is 6.09. The minimum absolute atomic E-state index is 0.376. The fourth-order valence-electron chi connectivity index (χ4n) is 2.26. The molecule has 0 amide bonds. The van der Waals surface area contributed by atoms with Crippen LogP contribution in [-0.4, -0.2) is 21.9 Å². The van der Waals surface area contributed by atoms with Crippen LogP contribution in [0.4, 0.5) is 5.82 Å². The molecule has 0 aromatic carbocycles. The van der Waals surface area contributed by atoms with Gasteiger partial charge in [0.05, 0.1) is 0 Å². The number of nitrogens with zero attached hydrogens (tertiary/aromatic N) is 2. The van der Waals surface area contributed by atoms with E-state index < -0.39 is 0 Å². The molecule has 0 bridgehead atoms. The number of hydrogen-bond acceptors (Lipinski definition) is 3. The Morgan fingerprint density at radius 2 is 2.19 bits per heavy atom. The fourth-order valence-corrected chi connectivity index (χ4v) is 2.63. The highest BCUT2D eigenvalue weighted by atomic mass is 35.5. The molecule has 4 heteroatoms. The maximum Gasteiger partial charge on any atom is 0.129 e. The number of halogens is 1. The van der Waals surface area contributed by atoms with Crippen molar-refractivity contribution < 1.29 is 0 Å². The quantitative estimate of drug-likeness (QED) is 0.825. The Morgan fingerprint density at radius 3 is 2.81 bits per heavy atom. The van der Waals surface area contributed by atoms with Gasteiger partial charge in [0.1, 0.15) is 11.6 Å². The molecular weight excluding hydrogens is 222 g/mol. The van der Waals surface area contributed by atoms with E-state index >= 15 is 0 Å². The van der Waals surface area contributed by atoms with Gasteiger partial charge in [-0.3, -0.25) is 0 Å². The molecule has 0 aliphatic heterocycles. The predicted octanol–water partition coefficient (Wildman–Crippen LogP) is 2.91. The van der Waals surface area contributed by atoms with Crippen LogP contribution in [0.1, 0.15) is 30.8 Å². The summed E-state index contributed by atoms with van der Waals surface area (Å²) in [4.78, 5) is 8.61. The molecule has 1 saturated carbocycles. The van der Waals surface area contributed by atoms with Crippen molar-refractivity contribution >= 4 is 17.4 Å². The van der Waals surface area contributed by atoms with Gasteiger partial charge in [0.25, 0.3) is 0 Å². The molecule has 1 N–H and O–H groups in total. The summed E-state index contributed by atoms with van der Waals surface area (Å²) in [5.74, 6) is 2.45. The first kappa shape index (κ1) is 11.6. The average molecular weight is 240 g/mol. The lowest BCUT2D eigenvalue weighted by atomic mass is 10.1. The molecule has 0 radical (unpaired) electrons. The van der Waals surface area contributed by atoms with Crippen LogP contribution in [-0.2, 0) is 0 Å². The van der Waals surface area contributed by atoms with Crippen molar-refractivity contribution in [2.45, 2.75) is 38.5 Å². The Labute approximate surface area is 102 Å². The molecule has 1 aliphatic rings. The lowest BCUT2D eigenvalue weighted by Crippen LogP contribution is -2.13. The Balaban J connectivity index is 1.89. The molecule has 0 spiro atoms. The van der Waals surface area contributed by atoms with Crippen LogP contribution in [0.3, 0.4) is 0 Å². The summed E-state index contributed by atoms with van der Waals surface area (Å²) in [6.07, 6.45) is 3.50. The highest BCUT2D eigenvalue weighted by Gasteiger charge is 2.22. The standard InChI is InChI=1S/C12H18ClN3/c1-8-5-12(16-9(2)15-8)14-7-10-3-4-11(13)6-10/h5,10-11H,3-4,6-7H2,1-2H3,(H,14,15,16). The first-order valence-electron chi connectivity index (χ1n) is 5.83.